The van der Waals surface area contributed by atoms with Gasteiger partial charge in [0.1, 0.15) is 5.51 Å². The maximum absolute atomic E-state index is 9.11. The van der Waals surface area contributed by atoms with E-state index in [2.05, 4.69) is 15.5 Å². The molecule has 4 nitrogen and oxygen atoms in total. The third-order valence-corrected chi connectivity index (χ3v) is 4.04. The van der Waals surface area contributed by atoms with Crippen molar-refractivity contribution in [3.8, 4) is 0 Å². The Morgan fingerprint density at radius 3 is 3.00 bits per heavy atom. The van der Waals surface area contributed by atoms with Crippen LogP contribution in [0.15, 0.2) is 9.85 Å². The third kappa shape index (κ3) is 3.22. The van der Waals surface area contributed by atoms with Crippen LogP contribution in [0.25, 0.3) is 0 Å². The van der Waals surface area contributed by atoms with Gasteiger partial charge in [0.25, 0.3) is 0 Å². The first kappa shape index (κ1) is 10.9. The number of rotatable bonds is 5. The monoisotopic (exact) mass is 219 g/mol. The summed E-state index contributed by atoms with van der Waals surface area (Å²) in [6.07, 6.45) is 0. The predicted molar refractivity (Wildman–Crippen MR) is 55.2 cm³/mol. The molecule has 1 atom stereocenters. The van der Waals surface area contributed by atoms with Crippen LogP contribution in [0.4, 0.5) is 0 Å². The van der Waals surface area contributed by atoms with Gasteiger partial charge in [0.2, 0.25) is 0 Å². The maximum atomic E-state index is 9.11. The van der Waals surface area contributed by atoms with Crippen LogP contribution >= 0.6 is 23.1 Å². The summed E-state index contributed by atoms with van der Waals surface area (Å²) < 4.78 is 0.940. The van der Waals surface area contributed by atoms with Crippen LogP contribution in [0.5, 0.6) is 0 Å². The van der Waals surface area contributed by atoms with Gasteiger partial charge in [-0.05, 0) is 14.0 Å². The van der Waals surface area contributed by atoms with E-state index in [-0.39, 0.29) is 12.1 Å². The largest absolute Gasteiger partial charge is 0.394 e. The smallest absolute Gasteiger partial charge is 0.174 e. The summed E-state index contributed by atoms with van der Waals surface area (Å²) in [5.41, 5.74) is 1.47. The molecule has 0 aliphatic heterocycles. The summed E-state index contributed by atoms with van der Waals surface area (Å²) in [6, 6.07) is 0. The predicted octanol–water partition coefficient (Wildman–Crippen LogP) is 0.601. The topological polar surface area (TPSA) is 58.0 Å². The van der Waals surface area contributed by atoms with Crippen molar-refractivity contribution in [1.29, 1.82) is 0 Å². The highest BCUT2D eigenvalue weighted by Crippen LogP contribution is 2.22. The van der Waals surface area contributed by atoms with E-state index in [0.29, 0.717) is 0 Å². The lowest BCUT2D eigenvalue weighted by Gasteiger charge is -2.25. The second-order valence-electron chi connectivity index (χ2n) is 2.96. The molecule has 6 heteroatoms. The molecule has 0 aliphatic rings. The van der Waals surface area contributed by atoms with Crippen molar-refractivity contribution < 1.29 is 5.11 Å². The molecule has 0 amide bonds. The Morgan fingerprint density at radius 1 is 1.77 bits per heavy atom. The van der Waals surface area contributed by atoms with E-state index in [1.807, 2.05) is 14.0 Å². The second kappa shape index (κ2) is 4.90. The zero-order valence-corrected chi connectivity index (χ0v) is 9.28. The van der Waals surface area contributed by atoms with Gasteiger partial charge in [-0.15, -0.1) is 10.2 Å². The highest BCUT2D eigenvalue weighted by molar-refractivity contribution is 8.01. The number of aliphatic hydroxyl groups excluding tert-OH is 1. The van der Waals surface area contributed by atoms with Crippen LogP contribution in [-0.4, -0.2) is 40.3 Å². The van der Waals surface area contributed by atoms with Gasteiger partial charge in [-0.25, -0.2) is 0 Å². The molecule has 1 aromatic rings. The molecular formula is C7H13N3OS2. The molecule has 0 saturated heterocycles. The van der Waals surface area contributed by atoms with E-state index in [4.69, 9.17) is 5.11 Å². The first-order valence-electron chi connectivity index (χ1n) is 3.89. The minimum Gasteiger partial charge on any atom is -0.394 e. The van der Waals surface area contributed by atoms with E-state index in [1.165, 1.54) is 11.3 Å². The molecule has 0 aliphatic carbocycles. The van der Waals surface area contributed by atoms with E-state index < -0.39 is 0 Å². The van der Waals surface area contributed by atoms with Crippen molar-refractivity contribution in [2.24, 2.45) is 0 Å². The van der Waals surface area contributed by atoms with Crippen molar-refractivity contribution >= 4 is 23.1 Å². The maximum Gasteiger partial charge on any atom is 0.174 e. The van der Waals surface area contributed by atoms with Gasteiger partial charge < -0.3 is 10.4 Å². The Labute approximate surface area is 85.8 Å². The Bertz CT molecular complexity index is 236. The average molecular weight is 219 g/mol. The molecular weight excluding hydrogens is 206 g/mol. The SMILES string of the molecule is CNC(C)(CO)CSc1nncs1. The molecule has 0 bridgehead atoms. The molecule has 0 spiro atoms. The lowest BCUT2D eigenvalue weighted by molar-refractivity contribution is 0.200. The summed E-state index contributed by atoms with van der Waals surface area (Å²) in [4.78, 5) is 0. The molecule has 0 saturated carbocycles. The highest BCUT2D eigenvalue weighted by Gasteiger charge is 2.21. The zero-order chi connectivity index (χ0) is 9.73. The van der Waals surface area contributed by atoms with Crippen molar-refractivity contribution in [1.82, 2.24) is 15.5 Å². The average Bonchev–Trinajstić information content (AvgIpc) is 2.67. The first-order valence-corrected chi connectivity index (χ1v) is 5.75. The Hall–Kier alpha value is -0.170. The second-order valence-corrected chi connectivity index (χ2v) is 5.02. The molecule has 0 fully saturated rings. The van der Waals surface area contributed by atoms with Crippen LogP contribution < -0.4 is 5.32 Å². The number of nitrogens with one attached hydrogen (secondary N) is 1. The summed E-state index contributed by atoms with van der Waals surface area (Å²) in [5.74, 6) is 0.787. The number of aliphatic hydroxyl groups is 1. The van der Waals surface area contributed by atoms with Gasteiger partial charge in [0.05, 0.1) is 6.61 Å². The van der Waals surface area contributed by atoms with Crippen LogP contribution in [0.1, 0.15) is 6.92 Å². The van der Waals surface area contributed by atoms with Crippen molar-refractivity contribution in [3.05, 3.63) is 5.51 Å². The Kier molecular flexibility index (Phi) is 4.11. The van der Waals surface area contributed by atoms with Crippen molar-refractivity contribution in [2.75, 3.05) is 19.4 Å². The molecule has 2 N–H and O–H groups in total. The number of hydrogen-bond acceptors (Lipinski definition) is 6. The van der Waals surface area contributed by atoms with Gasteiger partial charge >= 0.3 is 0 Å². The normalized spacial score (nSPS) is 15.6. The van der Waals surface area contributed by atoms with Crippen LogP contribution in [-0.2, 0) is 0 Å². The van der Waals surface area contributed by atoms with Crippen LogP contribution in [0.2, 0.25) is 0 Å². The summed E-state index contributed by atoms with van der Waals surface area (Å²) in [7, 11) is 1.84. The lowest BCUT2D eigenvalue weighted by atomic mass is 10.1. The first-order chi connectivity index (χ1) is 6.20. The fourth-order valence-electron chi connectivity index (χ4n) is 0.644. The van der Waals surface area contributed by atoms with Gasteiger partial charge in [0.15, 0.2) is 4.34 Å². The molecule has 74 valence electrons. The minimum absolute atomic E-state index is 0.120. The Balaban J connectivity index is 2.41. The van der Waals surface area contributed by atoms with E-state index in [9.17, 15) is 0 Å². The molecule has 1 heterocycles. The van der Waals surface area contributed by atoms with Gasteiger partial charge in [-0.1, -0.05) is 23.1 Å². The summed E-state index contributed by atoms with van der Waals surface area (Å²) >= 11 is 3.12. The molecule has 1 rings (SSSR count). The van der Waals surface area contributed by atoms with Crippen molar-refractivity contribution in [2.45, 2.75) is 16.8 Å². The fourth-order valence-corrected chi connectivity index (χ4v) is 2.28. The summed E-state index contributed by atoms with van der Waals surface area (Å²) in [6.45, 7) is 2.09. The number of likely N-dealkylation sites (N-methyl/N-ethyl adjacent to an activating group) is 1. The van der Waals surface area contributed by atoms with E-state index in [0.717, 1.165) is 10.1 Å². The molecule has 1 unspecified atom stereocenters. The van der Waals surface area contributed by atoms with E-state index >= 15 is 0 Å². The van der Waals surface area contributed by atoms with Gasteiger partial charge in [-0.3, -0.25) is 0 Å². The van der Waals surface area contributed by atoms with Crippen LogP contribution in [0.3, 0.4) is 0 Å². The fraction of sp³-hybridized carbons (Fsp3) is 0.714. The summed E-state index contributed by atoms with van der Waals surface area (Å²) in [5, 5.41) is 19.8. The standard InChI is InChI=1S/C7H13N3OS2/c1-7(3-11,8-2)4-12-6-10-9-5-13-6/h5,8,11H,3-4H2,1-2H3. The van der Waals surface area contributed by atoms with Crippen LogP contribution in [0, 0.1) is 0 Å². The zero-order valence-electron chi connectivity index (χ0n) is 7.65. The number of thioether (sulfide) groups is 1. The van der Waals surface area contributed by atoms with Gasteiger partial charge in [-0.2, -0.15) is 0 Å². The quantitative estimate of drug-likeness (QED) is 0.710. The molecule has 13 heavy (non-hydrogen) atoms. The lowest BCUT2D eigenvalue weighted by Crippen LogP contribution is -2.45. The molecule has 0 aromatic carbocycles. The Morgan fingerprint density at radius 2 is 2.54 bits per heavy atom. The number of aromatic nitrogens is 2. The number of hydrogen-bond donors (Lipinski definition) is 2. The number of nitrogens with zero attached hydrogens (tertiary/aromatic N) is 2. The van der Waals surface area contributed by atoms with Gasteiger partial charge in [0, 0.05) is 11.3 Å². The third-order valence-electron chi connectivity index (χ3n) is 1.81. The molecule has 0 radical (unpaired) electrons. The molecule has 1 aromatic heterocycles. The van der Waals surface area contributed by atoms with Crippen molar-refractivity contribution in [3.63, 3.8) is 0 Å². The van der Waals surface area contributed by atoms with E-state index in [1.54, 1.807) is 17.3 Å². The highest BCUT2D eigenvalue weighted by atomic mass is 32.2. The minimum atomic E-state index is -0.240.